The lowest BCUT2D eigenvalue weighted by molar-refractivity contribution is 0.126. The molecule has 0 heterocycles. The lowest BCUT2D eigenvalue weighted by Gasteiger charge is -2.32. The molecule has 0 saturated heterocycles. The van der Waals surface area contributed by atoms with Gasteiger partial charge in [-0.15, -0.1) is 0 Å². The smallest absolute Gasteiger partial charge is 0.141 e. The van der Waals surface area contributed by atoms with Crippen LogP contribution in [0, 0.1) is 0 Å². The van der Waals surface area contributed by atoms with E-state index < -0.39 is 5.60 Å². The second-order valence-electron chi connectivity index (χ2n) is 8.23. The molecule has 1 nitrogen and oxygen atoms in total. The van der Waals surface area contributed by atoms with Gasteiger partial charge in [0, 0.05) is 15.1 Å². The summed E-state index contributed by atoms with van der Waals surface area (Å²) in [6.07, 6.45) is 0. The van der Waals surface area contributed by atoms with Crippen molar-refractivity contribution >= 4 is 27.5 Å². The van der Waals surface area contributed by atoms with Crippen molar-refractivity contribution in [3.8, 4) is 22.3 Å². The zero-order valence-electron chi connectivity index (χ0n) is 18.3. The van der Waals surface area contributed by atoms with Crippen LogP contribution in [0.4, 0.5) is 0 Å². The third-order valence-electron chi connectivity index (χ3n) is 6.07. The summed E-state index contributed by atoms with van der Waals surface area (Å²) in [7, 11) is 0. The Kier molecular flexibility index (Phi) is 6.38. The van der Waals surface area contributed by atoms with E-state index in [0.29, 0.717) is 5.02 Å². The van der Waals surface area contributed by atoms with E-state index in [2.05, 4.69) is 46.3 Å². The fourth-order valence-corrected chi connectivity index (χ4v) is 5.11. The number of benzene rings is 5. The van der Waals surface area contributed by atoms with Gasteiger partial charge in [0.25, 0.3) is 0 Å². The number of hydrogen-bond acceptors (Lipinski definition) is 1. The molecular weight excluding hydrogens is 504 g/mol. The summed E-state index contributed by atoms with van der Waals surface area (Å²) in [6.45, 7) is 0. The van der Waals surface area contributed by atoms with Crippen molar-refractivity contribution in [2.24, 2.45) is 0 Å². The van der Waals surface area contributed by atoms with Crippen LogP contribution in [0.2, 0.25) is 5.02 Å². The Hall–Kier alpha value is -3.17. The molecule has 0 aliphatic heterocycles. The van der Waals surface area contributed by atoms with Gasteiger partial charge in [0.05, 0.1) is 0 Å². The van der Waals surface area contributed by atoms with Crippen LogP contribution in [0.15, 0.2) is 132 Å². The van der Waals surface area contributed by atoms with E-state index in [1.807, 2.05) is 97.1 Å². The molecule has 0 fully saturated rings. The van der Waals surface area contributed by atoms with E-state index in [9.17, 15) is 5.11 Å². The molecule has 0 unspecified atom stereocenters. The van der Waals surface area contributed by atoms with Crippen LogP contribution in [0.5, 0.6) is 0 Å². The van der Waals surface area contributed by atoms with Crippen LogP contribution in [0.1, 0.15) is 16.7 Å². The highest BCUT2D eigenvalue weighted by molar-refractivity contribution is 9.10. The second-order valence-corrected chi connectivity index (χ2v) is 9.58. The first-order valence-electron chi connectivity index (χ1n) is 11.1. The van der Waals surface area contributed by atoms with Crippen molar-refractivity contribution in [2.45, 2.75) is 5.60 Å². The van der Waals surface area contributed by atoms with Gasteiger partial charge in [-0.05, 0) is 63.7 Å². The third-order valence-corrected chi connectivity index (χ3v) is 6.76. The van der Waals surface area contributed by atoms with E-state index >= 15 is 0 Å². The maximum absolute atomic E-state index is 12.5. The molecule has 5 rings (SSSR count). The third kappa shape index (κ3) is 4.33. The molecule has 0 amide bonds. The van der Waals surface area contributed by atoms with E-state index in [1.165, 1.54) is 0 Å². The van der Waals surface area contributed by atoms with Gasteiger partial charge in [-0.3, -0.25) is 0 Å². The highest BCUT2D eigenvalue weighted by Crippen LogP contribution is 2.43. The van der Waals surface area contributed by atoms with Crippen molar-refractivity contribution in [1.82, 2.24) is 0 Å². The SMILES string of the molecule is OC(c1ccccc1)(c1ccccc1)c1cc(Cl)ccc1-c1cc(Br)cc(-c2ccccc2)c1. The van der Waals surface area contributed by atoms with Gasteiger partial charge in [0.15, 0.2) is 0 Å². The van der Waals surface area contributed by atoms with Crippen molar-refractivity contribution < 1.29 is 5.11 Å². The molecular formula is C31H22BrClO. The maximum Gasteiger partial charge on any atom is 0.141 e. The minimum absolute atomic E-state index is 0.572. The van der Waals surface area contributed by atoms with Crippen molar-refractivity contribution in [1.29, 1.82) is 0 Å². The molecule has 0 atom stereocenters. The van der Waals surface area contributed by atoms with Gasteiger partial charge in [0.2, 0.25) is 0 Å². The topological polar surface area (TPSA) is 20.2 Å². The monoisotopic (exact) mass is 524 g/mol. The van der Waals surface area contributed by atoms with Crippen LogP contribution in [0.25, 0.3) is 22.3 Å². The predicted molar refractivity (Wildman–Crippen MR) is 145 cm³/mol. The normalized spacial score (nSPS) is 11.4. The Balaban J connectivity index is 1.78. The molecule has 0 aliphatic carbocycles. The minimum Gasteiger partial charge on any atom is -0.376 e. The first-order chi connectivity index (χ1) is 16.6. The molecule has 0 bridgehead atoms. The van der Waals surface area contributed by atoms with Crippen molar-refractivity contribution in [2.75, 3.05) is 0 Å². The molecule has 0 aromatic heterocycles. The van der Waals surface area contributed by atoms with Gasteiger partial charge in [0.1, 0.15) is 5.60 Å². The lowest BCUT2D eigenvalue weighted by Crippen LogP contribution is -2.29. The number of halogens is 2. The predicted octanol–water partition coefficient (Wildman–Crippen LogP) is 8.72. The van der Waals surface area contributed by atoms with E-state index in [1.54, 1.807) is 0 Å². The van der Waals surface area contributed by atoms with Gasteiger partial charge < -0.3 is 5.11 Å². The quantitative estimate of drug-likeness (QED) is 0.227. The standard InChI is InChI=1S/C31H22BrClO/c32-27-19-23(22-10-4-1-5-11-22)18-24(20-27)29-17-16-28(33)21-30(29)31(34,25-12-6-2-7-13-25)26-14-8-3-9-15-26/h1-21,34H. The summed E-state index contributed by atoms with van der Waals surface area (Å²) in [5, 5.41) is 13.0. The summed E-state index contributed by atoms with van der Waals surface area (Å²) in [5.74, 6) is 0. The number of hydrogen-bond donors (Lipinski definition) is 1. The Bertz CT molecular complexity index is 1380. The lowest BCUT2D eigenvalue weighted by atomic mass is 9.77. The average Bonchev–Trinajstić information content (AvgIpc) is 2.89. The molecule has 3 heteroatoms. The summed E-state index contributed by atoms with van der Waals surface area (Å²) in [6, 6.07) is 41.8. The molecule has 34 heavy (non-hydrogen) atoms. The van der Waals surface area contributed by atoms with Gasteiger partial charge in [-0.2, -0.15) is 0 Å². The van der Waals surface area contributed by atoms with Crippen LogP contribution >= 0.6 is 27.5 Å². The average molecular weight is 526 g/mol. The number of aliphatic hydroxyl groups is 1. The molecule has 0 aliphatic rings. The fourth-order valence-electron chi connectivity index (χ4n) is 4.45. The first kappa shape index (κ1) is 22.6. The Labute approximate surface area is 213 Å². The zero-order chi connectivity index (χ0) is 23.5. The molecule has 166 valence electrons. The van der Waals surface area contributed by atoms with Crippen molar-refractivity contribution in [3.05, 3.63) is 154 Å². The molecule has 5 aromatic carbocycles. The Morgan fingerprint density at radius 3 is 1.68 bits per heavy atom. The summed E-state index contributed by atoms with van der Waals surface area (Å²) < 4.78 is 0.965. The molecule has 0 radical (unpaired) electrons. The largest absolute Gasteiger partial charge is 0.376 e. The van der Waals surface area contributed by atoms with Gasteiger partial charge in [-0.25, -0.2) is 0 Å². The molecule has 0 saturated carbocycles. The fraction of sp³-hybridized carbons (Fsp3) is 0.0323. The molecule has 5 aromatic rings. The summed E-state index contributed by atoms with van der Waals surface area (Å²) >= 11 is 10.2. The number of rotatable bonds is 5. The van der Waals surface area contributed by atoms with Gasteiger partial charge in [-0.1, -0.05) is 125 Å². The zero-order valence-corrected chi connectivity index (χ0v) is 20.7. The Morgan fingerprint density at radius 1 is 0.559 bits per heavy atom. The van der Waals surface area contributed by atoms with Crippen molar-refractivity contribution in [3.63, 3.8) is 0 Å². The highest BCUT2D eigenvalue weighted by atomic mass is 79.9. The molecule has 1 N–H and O–H groups in total. The van der Waals surface area contributed by atoms with Gasteiger partial charge >= 0.3 is 0 Å². The Morgan fingerprint density at radius 2 is 1.09 bits per heavy atom. The molecule has 0 spiro atoms. The summed E-state index contributed by atoms with van der Waals surface area (Å²) in [4.78, 5) is 0. The first-order valence-corrected chi connectivity index (χ1v) is 12.2. The van der Waals surface area contributed by atoms with Crippen LogP contribution in [-0.2, 0) is 5.60 Å². The van der Waals surface area contributed by atoms with Crippen LogP contribution in [-0.4, -0.2) is 5.11 Å². The van der Waals surface area contributed by atoms with E-state index in [0.717, 1.165) is 43.4 Å². The second kappa shape index (κ2) is 9.60. The minimum atomic E-state index is -1.39. The highest BCUT2D eigenvalue weighted by Gasteiger charge is 2.36. The maximum atomic E-state index is 12.5. The summed E-state index contributed by atoms with van der Waals surface area (Å²) in [5.41, 5.74) is 5.03. The van der Waals surface area contributed by atoms with Crippen LogP contribution < -0.4 is 0 Å². The van der Waals surface area contributed by atoms with E-state index in [4.69, 9.17) is 11.6 Å². The van der Waals surface area contributed by atoms with E-state index in [-0.39, 0.29) is 0 Å². The van der Waals surface area contributed by atoms with Crippen LogP contribution in [0.3, 0.4) is 0 Å².